The van der Waals surface area contributed by atoms with Crippen LogP contribution in [-0.2, 0) is 6.54 Å². The van der Waals surface area contributed by atoms with Crippen LogP contribution in [-0.4, -0.2) is 11.7 Å². The molecule has 3 rings (SSSR count). The summed E-state index contributed by atoms with van der Waals surface area (Å²) in [6.45, 7) is 0.458. The van der Waals surface area contributed by atoms with E-state index in [9.17, 15) is 4.39 Å². The SMILES string of the molecule is COc1ccc(Cn2ccc3c(Cl)cccc32)c(F)c1. The molecule has 0 amide bonds. The fourth-order valence-electron chi connectivity index (χ4n) is 2.29. The summed E-state index contributed by atoms with van der Waals surface area (Å²) in [4.78, 5) is 0. The van der Waals surface area contributed by atoms with Crippen molar-refractivity contribution in [3.63, 3.8) is 0 Å². The molecule has 2 nitrogen and oxygen atoms in total. The Hall–Kier alpha value is -2.00. The summed E-state index contributed by atoms with van der Waals surface area (Å²) in [5.41, 5.74) is 1.61. The Labute approximate surface area is 121 Å². The molecule has 4 heteroatoms. The molecule has 0 saturated heterocycles. The van der Waals surface area contributed by atoms with Crippen LogP contribution in [0.3, 0.4) is 0 Å². The molecule has 2 aromatic carbocycles. The van der Waals surface area contributed by atoms with Crippen LogP contribution in [0, 0.1) is 5.82 Å². The number of hydrogen-bond donors (Lipinski definition) is 0. The van der Waals surface area contributed by atoms with E-state index in [2.05, 4.69) is 0 Å². The molecule has 0 aliphatic rings. The lowest BCUT2D eigenvalue weighted by molar-refractivity contribution is 0.410. The standard InChI is InChI=1S/C16H13ClFNO/c1-20-12-6-5-11(15(18)9-12)10-19-8-7-13-14(17)3-2-4-16(13)19/h2-9H,10H2,1H3. The van der Waals surface area contributed by atoms with Crippen molar-refractivity contribution >= 4 is 22.5 Å². The third-order valence-corrected chi connectivity index (χ3v) is 3.69. The fraction of sp³-hybridized carbons (Fsp3) is 0.125. The van der Waals surface area contributed by atoms with Crippen molar-refractivity contribution in [1.29, 1.82) is 0 Å². The van der Waals surface area contributed by atoms with Gasteiger partial charge in [0.05, 0.1) is 13.7 Å². The Kier molecular flexibility index (Phi) is 3.36. The van der Waals surface area contributed by atoms with Gasteiger partial charge in [-0.15, -0.1) is 0 Å². The molecule has 20 heavy (non-hydrogen) atoms. The third kappa shape index (κ3) is 2.25. The topological polar surface area (TPSA) is 14.2 Å². The number of halogens is 2. The predicted octanol–water partition coefficient (Wildman–Crippen LogP) is 4.49. The van der Waals surface area contributed by atoms with Crippen LogP contribution in [0.1, 0.15) is 5.56 Å². The maximum Gasteiger partial charge on any atom is 0.131 e. The first-order valence-corrected chi connectivity index (χ1v) is 6.62. The Morgan fingerprint density at radius 2 is 2.05 bits per heavy atom. The van der Waals surface area contributed by atoms with E-state index >= 15 is 0 Å². The molecule has 0 radical (unpaired) electrons. The molecule has 1 aromatic heterocycles. The van der Waals surface area contributed by atoms with Gasteiger partial charge in [-0.3, -0.25) is 0 Å². The molecule has 0 unspecified atom stereocenters. The van der Waals surface area contributed by atoms with Crippen molar-refractivity contribution < 1.29 is 9.13 Å². The molecule has 0 spiro atoms. The van der Waals surface area contributed by atoms with Crippen LogP contribution in [0.15, 0.2) is 48.7 Å². The number of hydrogen-bond acceptors (Lipinski definition) is 1. The second-order valence-corrected chi connectivity index (χ2v) is 4.98. The summed E-state index contributed by atoms with van der Waals surface area (Å²) < 4.78 is 21.0. The maximum atomic E-state index is 14.0. The van der Waals surface area contributed by atoms with Crippen LogP contribution in [0.2, 0.25) is 5.02 Å². The Morgan fingerprint density at radius 3 is 2.80 bits per heavy atom. The number of nitrogens with zero attached hydrogens (tertiary/aromatic N) is 1. The van der Waals surface area contributed by atoms with Gasteiger partial charge < -0.3 is 9.30 Å². The Bertz CT molecular complexity index is 766. The Balaban J connectivity index is 1.99. The second kappa shape index (κ2) is 5.17. The minimum atomic E-state index is -0.270. The average Bonchev–Trinajstić information content (AvgIpc) is 2.86. The molecule has 0 N–H and O–H groups in total. The molecule has 0 atom stereocenters. The van der Waals surface area contributed by atoms with E-state index in [1.807, 2.05) is 35.0 Å². The molecule has 0 bridgehead atoms. The highest BCUT2D eigenvalue weighted by atomic mass is 35.5. The van der Waals surface area contributed by atoms with Gasteiger partial charge in [-0.2, -0.15) is 0 Å². The van der Waals surface area contributed by atoms with Crippen molar-refractivity contribution in [3.05, 3.63) is 65.1 Å². The van der Waals surface area contributed by atoms with Crippen LogP contribution >= 0.6 is 11.6 Å². The van der Waals surface area contributed by atoms with Crippen LogP contribution in [0.4, 0.5) is 4.39 Å². The molecular formula is C16H13ClFNO. The van der Waals surface area contributed by atoms with Crippen LogP contribution in [0.25, 0.3) is 10.9 Å². The molecule has 0 aliphatic carbocycles. The summed E-state index contributed by atoms with van der Waals surface area (Å²) in [5, 5.41) is 1.68. The highest BCUT2D eigenvalue weighted by Gasteiger charge is 2.08. The molecule has 0 aliphatic heterocycles. The summed E-state index contributed by atoms with van der Waals surface area (Å²) in [6, 6.07) is 12.6. The summed E-state index contributed by atoms with van der Waals surface area (Å²) in [6.07, 6.45) is 1.92. The molecule has 0 fully saturated rings. The lowest BCUT2D eigenvalue weighted by Gasteiger charge is -2.08. The zero-order valence-corrected chi connectivity index (χ0v) is 11.7. The highest BCUT2D eigenvalue weighted by Crippen LogP contribution is 2.25. The van der Waals surface area contributed by atoms with E-state index in [1.165, 1.54) is 13.2 Å². The van der Waals surface area contributed by atoms with Crippen LogP contribution in [0.5, 0.6) is 5.75 Å². The maximum absolute atomic E-state index is 14.0. The number of benzene rings is 2. The number of fused-ring (bicyclic) bond motifs is 1. The van der Waals surface area contributed by atoms with Crippen molar-refractivity contribution in [2.24, 2.45) is 0 Å². The molecular weight excluding hydrogens is 277 g/mol. The largest absolute Gasteiger partial charge is 0.497 e. The first kappa shape index (κ1) is 13.0. The fourth-order valence-corrected chi connectivity index (χ4v) is 2.52. The number of methoxy groups -OCH3 is 1. The lowest BCUT2D eigenvalue weighted by atomic mass is 10.2. The molecule has 3 aromatic rings. The van der Waals surface area contributed by atoms with Crippen molar-refractivity contribution in [3.8, 4) is 5.75 Å². The molecule has 0 saturated carbocycles. The zero-order valence-electron chi connectivity index (χ0n) is 10.9. The predicted molar refractivity (Wildman–Crippen MR) is 79.0 cm³/mol. The van der Waals surface area contributed by atoms with Gasteiger partial charge in [0.2, 0.25) is 0 Å². The summed E-state index contributed by atoms with van der Waals surface area (Å²) >= 11 is 6.14. The van der Waals surface area contributed by atoms with E-state index < -0.39 is 0 Å². The van der Waals surface area contributed by atoms with Gasteiger partial charge >= 0.3 is 0 Å². The first-order chi connectivity index (χ1) is 9.69. The third-order valence-electron chi connectivity index (χ3n) is 3.36. The summed E-state index contributed by atoms with van der Waals surface area (Å²) in [7, 11) is 1.52. The lowest BCUT2D eigenvalue weighted by Crippen LogP contribution is -2.00. The van der Waals surface area contributed by atoms with Gasteiger partial charge in [-0.1, -0.05) is 23.7 Å². The minimum Gasteiger partial charge on any atom is -0.497 e. The van der Waals surface area contributed by atoms with Gasteiger partial charge in [-0.05, 0) is 24.3 Å². The normalized spacial score (nSPS) is 10.9. The van der Waals surface area contributed by atoms with Crippen molar-refractivity contribution in [1.82, 2.24) is 4.57 Å². The van der Waals surface area contributed by atoms with E-state index in [0.717, 1.165) is 10.9 Å². The average molecular weight is 290 g/mol. The second-order valence-electron chi connectivity index (χ2n) is 4.57. The number of aromatic nitrogens is 1. The molecule has 1 heterocycles. The number of rotatable bonds is 3. The smallest absolute Gasteiger partial charge is 0.131 e. The molecule has 102 valence electrons. The number of ether oxygens (including phenoxy) is 1. The quantitative estimate of drug-likeness (QED) is 0.693. The monoisotopic (exact) mass is 289 g/mol. The van der Waals surface area contributed by atoms with Crippen molar-refractivity contribution in [2.75, 3.05) is 7.11 Å². The highest BCUT2D eigenvalue weighted by molar-refractivity contribution is 6.35. The van der Waals surface area contributed by atoms with E-state index in [-0.39, 0.29) is 5.82 Å². The van der Waals surface area contributed by atoms with Gasteiger partial charge in [0.1, 0.15) is 11.6 Å². The Morgan fingerprint density at radius 1 is 1.20 bits per heavy atom. The van der Waals surface area contributed by atoms with Gasteiger partial charge in [0.15, 0.2) is 0 Å². The van der Waals surface area contributed by atoms with Gasteiger partial charge in [0, 0.05) is 33.8 Å². The van der Waals surface area contributed by atoms with E-state index in [1.54, 1.807) is 12.1 Å². The summed E-state index contributed by atoms with van der Waals surface area (Å²) in [5.74, 6) is 0.250. The van der Waals surface area contributed by atoms with Gasteiger partial charge in [-0.25, -0.2) is 4.39 Å². The van der Waals surface area contributed by atoms with Crippen molar-refractivity contribution in [2.45, 2.75) is 6.54 Å². The minimum absolute atomic E-state index is 0.270. The van der Waals surface area contributed by atoms with Crippen LogP contribution < -0.4 is 4.74 Å². The zero-order chi connectivity index (χ0) is 14.1. The van der Waals surface area contributed by atoms with E-state index in [0.29, 0.717) is 22.9 Å². The first-order valence-electron chi connectivity index (χ1n) is 6.25. The van der Waals surface area contributed by atoms with Gasteiger partial charge in [0.25, 0.3) is 0 Å². The van der Waals surface area contributed by atoms with E-state index in [4.69, 9.17) is 16.3 Å².